The van der Waals surface area contributed by atoms with Crippen molar-refractivity contribution in [2.24, 2.45) is 5.73 Å². The van der Waals surface area contributed by atoms with Gasteiger partial charge in [0, 0.05) is 24.3 Å². The van der Waals surface area contributed by atoms with Crippen molar-refractivity contribution < 1.29 is 0 Å². The molecule has 0 radical (unpaired) electrons. The summed E-state index contributed by atoms with van der Waals surface area (Å²) < 4.78 is 1.77. The Bertz CT molecular complexity index is 644. The smallest absolute Gasteiger partial charge is 0.161 e. The molecule has 84 valence electrons. The Hall–Kier alpha value is -2.20. The van der Waals surface area contributed by atoms with Gasteiger partial charge in [-0.05, 0) is 17.5 Å². The fourth-order valence-electron chi connectivity index (χ4n) is 1.91. The van der Waals surface area contributed by atoms with Gasteiger partial charge >= 0.3 is 0 Å². The van der Waals surface area contributed by atoms with E-state index in [1.165, 1.54) is 0 Å². The zero-order valence-corrected chi connectivity index (χ0v) is 9.24. The van der Waals surface area contributed by atoms with Crippen molar-refractivity contribution in [3.05, 3.63) is 54.5 Å². The highest BCUT2D eigenvalue weighted by atomic mass is 15.3. The first-order valence-corrected chi connectivity index (χ1v) is 5.47. The van der Waals surface area contributed by atoms with E-state index in [1.807, 2.05) is 36.5 Å². The summed E-state index contributed by atoms with van der Waals surface area (Å²) in [5.74, 6) is 0.827. The highest BCUT2D eigenvalue weighted by Crippen LogP contribution is 2.20. The highest BCUT2D eigenvalue weighted by molar-refractivity contribution is 5.88. The third-order valence-electron chi connectivity index (χ3n) is 2.70. The van der Waals surface area contributed by atoms with E-state index in [-0.39, 0.29) is 0 Å². The lowest BCUT2D eigenvalue weighted by molar-refractivity contribution is 0.839. The van der Waals surface area contributed by atoms with Crippen LogP contribution in [0.25, 0.3) is 16.6 Å². The van der Waals surface area contributed by atoms with Crippen LogP contribution in [0.5, 0.6) is 0 Å². The van der Waals surface area contributed by atoms with Gasteiger partial charge < -0.3 is 5.73 Å². The van der Waals surface area contributed by atoms with E-state index < -0.39 is 0 Å². The topological polar surface area (TPSA) is 56.7 Å². The molecule has 4 heteroatoms. The predicted octanol–water partition coefficient (Wildman–Crippen LogP) is 1.88. The molecule has 0 unspecified atom stereocenters. The van der Waals surface area contributed by atoms with Gasteiger partial charge in [0.25, 0.3) is 0 Å². The standard InChI is InChI=1S/C13H12N4/c14-9-11-8-10-4-1-2-5-12(10)13(16-11)17-7-3-6-15-17/h1-8H,9,14H2. The SMILES string of the molecule is NCc1cc2ccccc2c(-n2cccn2)n1. The van der Waals surface area contributed by atoms with Crippen LogP contribution in [0.3, 0.4) is 0 Å². The van der Waals surface area contributed by atoms with Gasteiger partial charge in [0.1, 0.15) is 0 Å². The highest BCUT2D eigenvalue weighted by Gasteiger charge is 2.06. The molecule has 0 saturated heterocycles. The fourth-order valence-corrected chi connectivity index (χ4v) is 1.91. The van der Waals surface area contributed by atoms with Gasteiger partial charge in [0.15, 0.2) is 5.82 Å². The van der Waals surface area contributed by atoms with Crippen molar-refractivity contribution in [1.82, 2.24) is 14.8 Å². The third kappa shape index (κ3) is 1.68. The molecule has 1 aromatic carbocycles. The van der Waals surface area contributed by atoms with Gasteiger partial charge in [-0.25, -0.2) is 9.67 Å². The number of benzene rings is 1. The van der Waals surface area contributed by atoms with Gasteiger partial charge in [-0.15, -0.1) is 0 Å². The van der Waals surface area contributed by atoms with Crippen LogP contribution in [-0.4, -0.2) is 14.8 Å². The van der Waals surface area contributed by atoms with Gasteiger partial charge in [-0.1, -0.05) is 24.3 Å². The Morgan fingerprint density at radius 2 is 2.06 bits per heavy atom. The lowest BCUT2D eigenvalue weighted by Gasteiger charge is -2.08. The molecule has 2 heterocycles. The number of pyridine rings is 1. The van der Waals surface area contributed by atoms with Crippen LogP contribution in [0.2, 0.25) is 0 Å². The van der Waals surface area contributed by atoms with E-state index in [9.17, 15) is 0 Å². The molecule has 2 aromatic heterocycles. The molecule has 0 saturated carbocycles. The molecule has 0 aliphatic rings. The molecule has 3 aromatic rings. The molecule has 0 amide bonds. The molecule has 0 aliphatic heterocycles. The van der Waals surface area contributed by atoms with E-state index in [0.717, 1.165) is 22.3 Å². The molecule has 17 heavy (non-hydrogen) atoms. The third-order valence-corrected chi connectivity index (χ3v) is 2.70. The molecule has 2 N–H and O–H groups in total. The Kier molecular flexibility index (Phi) is 2.34. The van der Waals surface area contributed by atoms with Crippen molar-refractivity contribution in [1.29, 1.82) is 0 Å². The van der Waals surface area contributed by atoms with Crippen LogP contribution < -0.4 is 5.73 Å². The lowest BCUT2D eigenvalue weighted by Crippen LogP contribution is -2.05. The quantitative estimate of drug-likeness (QED) is 0.723. The van der Waals surface area contributed by atoms with Crippen LogP contribution in [0.4, 0.5) is 0 Å². The number of nitrogens with zero attached hydrogens (tertiary/aromatic N) is 3. The second kappa shape index (κ2) is 3.99. The zero-order chi connectivity index (χ0) is 11.7. The van der Waals surface area contributed by atoms with Crippen LogP contribution >= 0.6 is 0 Å². The fraction of sp³-hybridized carbons (Fsp3) is 0.0769. The lowest BCUT2D eigenvalue weighted by atomic mass is 10.1. The van der Waals surface area contributed by atoms with E-state index in [0.29, 0.717) is 6.54 Å². The average Bonchev–Trinajstić information content (AvgIpc) is 2.91. The molecule has 0 spiro atoms. The van der Waals surface area contributed by atoms with Crippen molar-refractivity contribution in [3.8, 4) is 5.82 Å². The van der Waals surface area contributed by atoms with Crippen LogP contribution in [-0.2, 0) is 6.54 Å². The first-order valence-electron chi connectivity index (χ1n) is 5.47. The molecule has 0 atom stereocenters. The minimum Gasteiger partial charge on any atom is -0.325 e. The summed E-state index contributed by atoms with van der Waals surface area (Å²) in [5.41, 5.74) is 6.54. The van der Waals surface area contributed by atoms with E-state index >= 15 is 0 Å². The second-order valence-electron chi connectivity index (χ2n) is 3.81. The van der Waals surface area contributed by atoms with E-state index in [1.54, 1.807) is 10.9 Å². The van der Waals surface area contributed by atoms with Gasteiger partial charge in [-0.3, -0.25) is 0 Å². The van der Waals surface area contributed by atoms with Crippen molar-refractivity contribution in [2.75, 3.05) is 0 Å². The number of nitrogens with two attached hydrogens (primary N) is 1. The molecular weight excluding hydrogens is 212 g/mol. The second-order valence-corrected chi connectivity index (χ2v) is 3.81. The van der Waals surface area contributed by atoms with Crippen LogP contribution in [0.15, 0.2) is 48.8 Å². The number of hydrogen-bond acceptors (Lipinski definition) is 3. The Labute approximate surface area is 98.7 Å². The van der Waals surface area contributed by atoms with Crippen molar-refractivity contribution in [2.45, 2.75) is 6.54 Å². The summed E-state index contributed by atoms with van der Waals surface area (Å²) in [7, 11) is 0. The first-order chi connectivity index (χ1) is 8.38. The Morgan fingerprint density at radius 3 is 2.82 bits per heavy atom. The normalized spacial score (nSPS) is 10.9. The van der Waals surface area contributed by atoms with Crippen LogP contribution in [0, 0.1) is 0 Å². The minimum atomic E-state index is 0.430. The average molecular weight is 224 g/mol. The van der Waals surface area contributed by atoms with Crippen LogP contribution in [0.1, 0.15) is 5.69 Å². The number of aromatic nitrogens is 3. The zero-order valence-electron chi connectivity index (χ0n) is 9.24. The molecular formula is C13H12N4. The maximum absolute atomic E-state index is 5.67. The summed E-state index contributed by atoms with van der Waals surface area (Å²) in [4.78, 5) is 4.54. The van der Waals surface area contributed by atoms with Gasteiger partial charge in [-0.2, -0.15) is 5.10 Å². The maximum Gasteiger partial charge on any atom is 0.161 e. The summed E-state index contributed by atoms with van der Waals surface area (Å²) in [6.45, 7) is 0.430. The van der Waals surface area contributed by atoms with Crippen molar-refractivity contribution in [3.63, 3.8) is 0 Å². The summed E-state index contributed by atoms with van der Waals surface area (Å²) in [6, 6.07) is 12.0. The summed E-state index contributed by atoms with van der Waals surface area (Å²) in [5, 5.41) is 6.44. The number of fused-ring (bicyclic) bond motifs is 1. The number of hydrogen-bond donors (Lipinski definition) is 1. The monoisotopic (exact) mass is 224 g/mol. The Morgan fingerprint density at radius 1 is 1.18 bits per heavy atom. The Balaban J connectivity index is 2.35. The first kappa shape index (κ1) is 9.99. The van der Waals surface area contributed by atoms with E-state index in [2.05, 4.69) is 16.1 Å². The van der Waals surface area contributed by atoms with Gasteiger partial charge in [0.2, 0.25) is 0 Å². The molecule has 4 nitrogen and oxygen atoms in total. The number of rotatable bonds is 2. The molecule has 3 rings (SSSR count). The predicted molar refractivity (Wildman–Crippen MR) is 66.8 cm³/mol. The molecule has 0 bridgehead atoms. The largest absolute Gasteiger partial charge is 0.325 e. The minimum absolute atomic E-state index is 0.430. The summed E-state index contributed by atoms with van der Waals surface area (Å²) in [6.07, 6.45) is 3.63. The summed E-state index contributed by atoms with van der Waals surface area (Å²) >= 11 is 0. The van der Waals surface area contributed by atoms with Gasteiger partial charge in [0.05, 0.1) is 5.69 Å². The van der Waals surface area contributed by atoms with E-state index in [4.69, 9.17) is 5.73 Å². The maximum atomic E-state index is 5.67. The molecule has 0 aliphatic carbocycles. The van der Waals surface area contributed by atoms with Crippen molar-refractivity contribution >= 4 is 10.8 Å². The molecule has 0 fully saturated rings.